The van der Waals surface area contributed by atoms with Crippen molar-refractivity contribution in [2.75, 3.05) is 36.0 Å². The molecule has 0 aromatic carbocycles. The number of anilines is 2. The fourth-order valence-electron chi connectivity index (χ4n) is 3.36. The minimum absolute atomic E-state index is 0.605. The molecular formula is C18H24N6S. The molecule has 2 saturated carbocycles. The molecule has 0 radical (unpaired) electrons. The summed E-state index contributed by atoms with van der Waals surface area (Å²) in [5, 5.41) is 1.09. The van der Waals surface area contributed by atoms with E-state index < -0.39 is 0 Å². The Morgan fingerprint density at radius 2 is 1.60 bits per heavy atom. The van der Waals surface area contributed by atoms with E-state index in [0.717, 1.165) is 55.2 Å². The largest absolute Gasteiger partial charge is 0.353 e. The summed E-state index contributed by atoms with van der Waals surface area (Å²) in [6.07, 6.45) is 6.01. The number of piperazine rings is 1. The predicted octanol–water partition coefficient (Wildman–Crippen LogP) is 2.97. The Morgan fingerprint density at radius 1 is 0.920 bits per heavy atom. The van der Waals surface area contributed by atoms with E-state index in [1.54, 1.807) is 11.5 Å². The van der Waals surface area contributed by atoms with Gasteiger partial charge in [0.1, 0.15) is 17.5 Å². The third-order valence-electron chi connectivity index (χ3n) is 5.34. The van der Waals surface area contributed by atoms with Gasteiger partial charge in [0.05, 0.1) is 0 Å². The molecule has 3 aliphatic rings. The molecule has 2 aliphatic carbocycles. The molecule has 0 atom stereocenters. The molecule has 3 heterocycles. The summed E-state index contributed by atoms with van der Waals surface area (Å²) in [5.41, 5.74) is 1.17. The molecule has 0 bridgehead atoms. The first-order valence-corrected chi connectivity index (χ1v) is 10.3. The minimum Gasteiger partial charge on any atom is -0.353 e. The summed E-state index contributed by atoms with van der Waals surface area (Å²) >= 11 is 1.56. The standard InChI is InChI=1S/C18H24N6S/c1-2-14-11-15(20-16(19-14)12-3-4-12)23-7-9-24(10-8-23)18-21-17(22-25-18)13-5-6-13/h11-13H,2-10H2,1H3. The zero-order valence-corrected chi connectivity index (χ0v) is 15.5. The summed E-state index contributed by atoms with van der Waals surface area (Å²) in [6, 6.07) is 2.18. The SMILES string of the molecule is CCc1cc(N2CCN(c3nc(C4CC4)ns3)CC2)nc(C2CC2)n1. The quantitative estimate of drug-likeness (QED) is 0.821. The summed E-state index contributed by atoms with van der Waals surface area (Å²) in [5.74, 6) is 4.49. The molecule has 6 nitrogen and oxygen atoms in total. The van der Waals surface area contributed by atoms with Crippen LogP contribution in [-0.2, 0) is 6.42 Å². The first-order valence-electron chi connectivity index (χ1n) is 9.51. The molecule has 25 heavy (non-hydrogen) atoms. The predicted molar refractivity (Wildman–Crippen MR) is 99.7 cm³/mol. The van der Waals surface area contributed by atoms with Gasteiger partial charge in [-0.25, -0.2) is 15.0 Å². The van der Waals surface area contributed by atoms with Crippen LogP contribution < -0.4 is 9.80 Å². The Labute approximate surface area is 152 Å². The third-order valence-corrected chi connectivity index (χ3v) is 6.13. The smallest absolute Gasteiger partial charge is 0.205 e. The van der Waals surface area contributed by atoms with E-state index in [-0.39, 0.29) is 0 Å². The van der Waals surface area contributed by atoms with Gasteiger partial charge in [0, 0.05) is 61.3 Å². The zero-order chi connectivity index (χ0) is 16.8. The summed E-state index contributed by atoms with van der Waals surface area (Å²) < 4.78 is 4.55. The highest BCUT2D eigenvalue weighted by atomic mass is 32.1. The van der Waals surface area contributed by atoms with Crippen molar-refractivity contribution >= 4 is 22.5 Å². The van der Waals surface area contributed by atoms with Gasteiger partial charge in [0.2, 0.25) is 5.13 Å². The van der Waals surface area contributed by atoms with Gasteiger partial charge in [0.25, 0.3) is 0 Å². The Balaban J connectivity index is 1.28. The summed E-state index contributed by atoms with van der Waals surface area (Å²) in [7, 11) is 0. The van der Waals surface area contributed by atoms with Gasteiger partial charge in [0.15, 0.2) is 0 Å². The van der Waals surface area contributed by atoms with Crippen LogP contribution in [0.3, 0.4) is 0 Å². The molecule has 5 rings (SSSR count). The third kappa shape index (κ3) is 3.21. The molecule has 132 valence electrons. The van der Waals surface area contributed by atoms with E-state index >= 15 is 0 Å². The van der Waals surface area contributed by atoms with Crippen LogP contribution in [0.15, 0.2) is 6.07 Å². The Hall–Kier alpha value is -1.76. The highest BCUT2D eigenvalue weighted by molar-refractivity contribution is 7.09. The van der Waals surface area contributed by atoms with Gasteiger partial charge in [-0.1, -0.05) is 6.92 Å². The normalized spacial score (nSPS) is 21.0. The summed E-state index contributed by atoms with van der Waals surface area (Å²) in [6.45, 7) is 6.13. The first-order chi connectivity index (χ1) is 12.3. The van der Waals surface area contributed by atoms with Crippen LogP contribution in [0.5, 0.6) is 0 Å². The molecule has 2 aromatic rings. The number of aryl methyl sites for hydroxylation is 1. The van der Waals surface area contributed by atoms with Crippen molar-refractivity contribution in [2.24, 2.45) is 0 Å². The van der Waals surface area contributed by atoms with E-state index in [1.807, 2.05) is 0 Å². The lowest BCUT2D eigenvalue weighted by atomic mass is 10.2. The van der Waals surface area contributed by atoms with Crippen LogP contribution in [0.25, 0.3) is 0 Å². The number of aromatic nitrogens is 4. The molecule has 0 unspecified atom stereocenters. The van der Waals surface area contributed by atoms with Gasteiger partial charge < -0.3 is 9.80 Å². The average Bonchev–Trinajstić information content (AvgIpc) is 3.60. The van der Waals surface area contributed by atoms with Crippen molar-refractivity contribution in [1.29, 1.82) is 0 Å². The van der Waals surface area contributed by atoms with E-state index in [1.165, 1.54) is 31.4 Å². The van der Waals surface area contributed by atoms with Gasteiger partial charge >= 0.3 is 0 Å². The highest BCUT2D eigenvalue weighted by Crippen LogP contribution is 2.40. The maximum absolute atomic E-state index is 4.87. The Kier molecular flexibility index (Phi) is 3.84. The van der Waals surface area contributed by atoms with Crippen LogP contribution in [0.1, 0.15) is 61.8 Å². The number of rotatable bonds is 5. The van der Waals surface area contributed by atoms with Crippen molar-refractivity contribution < 1.29 is 0 Å². The van der Waals surface area contributed by atoms with Crippen molar-refractivity contribution in [3.63, 3.8) is 0 Å². The van der Waals surface area contributed by atoms with Crippen LogP contribution >= 0.6 is 11.5 Å². The average molecular weight is 356 g/mol. The van der Waals surface area contributed by atoms with Crippen molar-refractivity contribution in [3.8, 4) is 0 Å². The molecule has 3 fully saturated rings. The lowest BCUT2D eigenvalue weighted by molar-refractivity contribution is 0.641. The first kappa shape index (κ1) is 15.5. The van der Waals surface area contributed by atoms with E-state index in [4.69, 9.17) is 15.0 Å². The molecule has 2 aromatic heterocycles. The summed E-state index contributed by atoms with van der Waals surface area (Å²) in [4.78, 5) is 19.1. The van der Waals surface area contributed by atoms with Gasteiger partial charge in [-0.15, -0.1) is 0 Å². The molecule has 0 amide bonds. The second-order valence-electron chi connectivity index (χ2n) is 7.39. The zero-order valence-electron chi connectivity index (χ0n) is 14.7. The topological polar surface area (TPSA) is 58.0 Å². The Bertz CT molecular complexity index is 759. The van der Waals surface area contributed by atoms with Gasteiger partial charge in [-0.3, -0.25) is 0 Å². The molecule has 0 N–H and O–H groups in total. The number of hydrogen-bond donors (Lipinski definition) is 0. The van der Waals surface area contributed by atoms with Crippen LogP contribution in [0, 0.1) is 0 Å². The lowest BCUT2D eigenvalue weighted by Gasteiger charge is -2.35. The maximum Gasteiger partial charge on any atom is 0.205 e. The Morgan fingerprint density at radius 3 is 2.28 bits per heavy atom. The molecule has 0 spiro atoms. The minimum atomic E-state index is 0.605. The maximum atomic E-state index is 4.87. The molecule has 1 saturated heterocycles. The van der Waals surface area contributed by atoms with Crippen LogP contribution in [0.2, 0.25) is 0 Å². The van der Waals surface area contributed by atoms with E-state index in [9.17, 15) is 0 Å². The van der Waals surface area contributed by atoms with Crippen molar-refractivity contribution in [3.05, 3.63) is 23.4 Å². The van der Waals surface area contributed by atoms with Gasteiger partial charge in [-0.2, -0.15) is 4.37 Å². The molecule has 7 heteroatoms. The number of hydrogen-bond acceptors (Lipinski definition) is 7. The fourth-order valence-corrected chi connectivity index (χ4v) is 4.16. The van der Waals surface area contributed by atoms with Crippen LogP contribution in [0.4, 0.5) is 10.9 Å². The van der Waals surface area contributed by atoms with Crippen molar-refractivity contribution in [2.45, 2.75) is 50.9 Å². The fraction of sp³-hybridized carbons (Fsp3) is 0.667. The van der Waals surface area contributed by atoms with E-state index in [2.05, 4.69) is 27.2 Å². The lowest BCUT2D eigenvalue weighted by Crippen LogP contribution is -2.47. The van der Waals surface area contributed by atoms with Crippen molar-refractivity contribution in [1.82, 2.24) is 19.3 Å². The second-order valence-corrected chi connectivity index (χ2v) is 8.12. The van der Waals surface area contributed by atoms with Crippen LogP contribution in [-0.4, -0.2) is 45.5 Å². The molecular weight excluding hydrogens is 332 g/mol. The molecule has 1 aliphatic heterocycles. The monoisotopic (exact) mass is 356 g/mol. The van der Waals surface area contributed by atoms with Gasteiger partial charge in [-0.05, 0) is 32.1 Å². The van der Waals surface area contributed by atoms with E-state index in [0.29, 0.717) is 11.8 Å². The highest BCUT2D eigenvalue weighted by Gasteiger charge is 2.30. The number of nitrogens with zero attached hydrogens (tertiary/aromatic N) is 6. The second kappa shape index (κ2) is 6.20.